The number of hydrogen-bond donors (Lipinski definition) is 3. The highest BCUT2D eigenvalue weighted by atomic mass is 16.5. The Bertz CT molecular complexity index is 1270. The Labute approximate surface area is 164 Å². The number of benzene rings is 2. The van der Waals surface area contributed by atoms with Crippen molar-refractivity contribution in [2.45, 2.75) is 6.92 Å². The van der Waals surface area contributed by atoms with Gasteiger partial charge in [0, 0.05) is 5.56 Å². The lowest BCUT2D eigenvalue weighted by Gasteiger charge is -2.11. The van der Waals surface area contributed by atoms with Crippen LogP contribution in [0.4, 0.5) is 0 Å². The summed E-state index contributed by atoms with van der Waals surface area (Å²) in [5, 5.41) is 9.52. The van der Waals surface area contributed by atoms with Gasteiger partial charge in [0.2, 0.25) is 0 Å². The molecule has 0 saturated heterocycles. The van der Waals surface area contributed by atoms with Gasteiger partial charge in [0.15, 0.2) is 17.2 Å². The van der Waals surface area contributed by atoms with Crippen molar-refractivity contribution in [2.75, 3.05) is 6.61 Å². The number of amides is 1. The van der Waals surface area contributed by atoms with Crippen LogP contribution in [0.2, 0.25) is 0 Å². The predicted molar refractivity (Wildman–Crippen MR) is 106 cm³/mol. The predicted octanol–water partition coefficient (Wildman–Crippen LogP) is 1.98. The Balaban J connectivity index is 2.05. The first-order valence-corrected chi connectivity index (χ1v) is 8.83. The Kier molecular flexibility index (Phi) is 4.47. The van der Waals surface area contributed by atoms with Gasteiger partial charge in [-0.15, -0.1) is 0 Å². The molecule has 0 bridgehead atoms. The lowest BCUT2D eigenvalue weighted by molar-refractivity contribution is 0.0997. The van der Waals surface area contributed by atoms with Gasteiger partial charge in [0.05, 0.1) is 12.3 Å². The summed E-state index contributed by atoms with van der Waals surface area (Å²) >= 11 is 0. The first-order chi connectivity index (χ1) is 14.0. The van der Waals surface area contributed by atoms with Crippen molar-refractivity contribution in [1.82, 2.24) is 19.5 Å². The SMILES string of the molecule is CCOc1ccccc1-n1c(=O)[nH]c2c(C(N)=O)nc(-c3ccc(O)cc3)nc21. The van der Waals surface area contributed by atoms with Crippen LogP contribution >= 0.6 is 0 Å². The normalized spacial score (nSPS) is 10.9. The summed E-state index contributed by atoms with van der Waals surface area (Å²) in [5.74, 6) is -0.0468. The first kappa shape index (κ1) is 18.2. The number of phenolic OH excluding ortho intramolecular Hbond substituents is 1. The summed E-state index contributed by atoms with van der Waals surface area (Å²) in [5.41, 5.74) is 6.23. The molecule has 0 radical (unpaired) electrons. The molecule has 2 aromatic carbocycles. The quantitative estimate of drug-likeness (QED) is 0.476. The van der Waals surface area contributed by atoms with Gasteiger partial charge in [-0.05, 0) is 43.3 Å². The maximum Gasteiger partial charge on any atom is 0.332 e. The summed E-state index contributed by atoms with van der Waals surface area (Å²) in [6.45, 7) is 2.25. The van der Waals surface area contributed by atoms with E-state index in [1.54, 1.807) is 36.4 Å². The number of nitrogens with one attached hydrogen (secondary N) is 1. The van der Waals surface area contributed by atoms with Crippen LogP contribution in [0.3, 0.4) is 0 Å². The summed E-state index contributed by atoms with van der Waals surface area (Å²) in [7, 11) is 0. The monoisotopic (exact) mass is 391 g/mol. The van der Waals surface area contributed by atoms with Crippen molar-refractivity contribution in [3.8, 4) is 28.6 Å². The smallest absolute Gasteiger partial charge is 0.332 e. The van der Waals surface area contributed by atoms with Crippen LogP contribution in [0.1, 0.15) is 17.4 Å². The first-order valence-electron chi connectivity index (χ1n) is 8.83. The van der Waals surface area contributed by atoms with Crippen molar-refractivity contribution in [3.63, 3.8) is 0 Å². The van der Waals surface area contributed by atoms with E-state index in [1.165, 1.54) is 16.7 Å². The van der Waals surface area contributed by atoms with Gasteiger partial charge in [-0.2, -0.15) is 0 Å². The number of fused-ring (bicyclic) bond motifs is 1. The Morgan fingerprint density at radius 1 is 1.17 bits per heavy atom. The zero-order valence-electron chi connectivity index (χ0n) is 15.4. The number of carbonyl (C=O) groups is 1. The van der Waals surface area contributed by atoms with E-state index in [1.807, 2.05) is 6.92 Å². The molecule has 0 aliphatic carbocycles. The third kappa shape index (κ3) is 3.18. The number of nitrogens with two attached hydrogens (primary N) is 1. The van der Waals surface area contributed by atoms with Gasteiger partial charge in [-0.1, -0.05) is 12.1 Å². The molecule has 9 heteroatoms. The number of carbonyl (C=O) groups excluding carboxylic acids is 1. The van der Waals surface area contributed by atoms with Crippen LogP contribution in [-0.2, 0) is 0 Å². The van der Waals surface area contributed by atoms with Crippen LogP contribution in [-0.4, -0.2) is 37.1 Å². The summed E-state index contributed by atoms with van der Waals surface area (Å²) in [4.78, 5) is 36.1. The van der Waals surface area contributed by atoms with E-state index >= 15 is 0 Å². The van der Waals surface area contributed by atoms with Gasteiger partial charge in [0.25, 0.3) is 5.91 Å². The molecule has 0 fully saturated rings. The second kappa shape index (κ2) is 7.12. The molecule has 0 atom stereocenters. The molecule has 0 saturated carbocycles. The minimum absolute atomic E-state index is 0.0779. The van der Waals surface area contributed by atoms with Crippen LogP contribution < -0.4 is 16.2 Å². The highest BCUT2D eigenvalue weighted by Gasteiger charge is 2.21. The second-order valence-electron chi connectivity index (χ2n) is 6.17. The van der Waals surface area contributed by atoms with Crippen molar-refractivity contribution in [2.24, 2.45) is 5.73 Å². The number of H-pyrrole nitrogens is 1. The second-order valence-corrected chi connectivity index (χ2v) is 6.17. The van der Waals surface area contributed by atoms with Crippen LogP contribution in [0.5, 0.6) is 11.5 Å². The molecule has 0 aliphatic heterocycles. The molecule has 4 rings (SSSR count). The number of primary amides is 1. The van der Waals surface area contributed by atoms with Crippen LogP contribution in [0, 0.1) is 0 Å². The number of ether oxygens (including phenoxy) is 1. The standard InChI is InChI=1S/C20H17N5O4/c1-2-29-14-6-4-3-5-13(14)25-19-16(23-20(25)28)15(17(21)27)22-18(24-19)11-7-9-12(26)10-8-11/h3-10,26H,2H2,1H3,(H2,21,27)(H,23,28). The fourth-order valence-corrected chi connectivity index (χ4v) is 3.05. The van der Waals surface area contributed by atoms with Gasteiger partial charge in [-0.3, -0.25) is 4.79 Å². The molecular weight excluding hydrogens is 374 g/mol. The number of aromatic nitrogens is 4. The maximum atomic E-state index is 12.8. The average molecular weight is 391 g/mol. The molecule has 1 amide bonds. The summed E-state index contributed by atoms with van der Waals surface area (Å²) in [6, 6.07) is 13.2. The minimum atomic E-state index is -0.802. The molecule has 0 spiro atoms. The molecule has 146 valence electrons. The molecule has 29 heavy (non-hydrogen) atoms. The van der Waals surface area contributed by atoms with E-state index in [4.69, 9.17) is 10.5 Å². The maximum absolute atomic E-state index is 12.8. The molecule has 0 aliphatic rings. The summed E-state index contributed by atoms with van der Waals surface area (Å²) < 4.78 is 6.95. The number of rotatable bonds is 5. The van der Waals surface area contributed by atoms with Crippen LogP contribution in [0.25, 0.3) is 28.2 Å². The topological polar surface area (TPSA) is 136 Å². The molecule has 2 heterocycles. The number of para-hydroxylation sites is 2. The van der Waals surface area contributed by atoms with Crippen molar-refractivity contribution in [3.05, 3.63) is 64.7 Å². The van der Waals surface area contributed by atoms with Crippen molar-refractivity contribution >= 4 is 17.1 Å². The molecule has 2 aromatic heterocycles. The highest BCUT2D eigenvalue weighted by Crippen LogP contribution is 2.27. The van der Waals surface area contributed by atoms with E-state index in [9.17, 15) is 14.7 Å². The van der Waals surface area contributed by atoms with E-state index in [2.05, 4.69) is 15.0 Å². The minimum Gasteiger partial charge on any atom is -0.508 e. The molecule has 4 aromatic rings. The van der Waals surface area contributed by atoms with Crippen molar-refractivity contribution < 1.29 is 14.6 Å². The van der Waals surface area contributed by atoms with Crippen molar-refractivity contribution in [1.29, 1.82) is 0 Å². The fraction of sp³-hybridized carbons (Fsp3) is 0.100. The molecule has 0 unspecified atom stereocenters. The zero-order chi connectivity index (χ0) is 20.5. The third-order valence-corrected chi connectivity index (χ3v) is 4.30. The van der Waals surface area contributed by atoms with E-state index in [-0.39, 0.29) is 28.4 Å². The van der Waals surface area contributed by atoms with Gasteiger partial charge in [-0.25, -0.2) is 19.3 Å². The number of imidazole rings is 1. The third-order valence-electron chi connectivity index (χ3n) is 4.30. The molecule has 4 N–H and O–H groups in total. The summed E-state index contributed by atoms with van der Waals surface area (Å²) in [6.07, 6.45) is 0. The Morgan fingerprint density at radius 3 is 2.59 bits per heavy atom. The fourth-order valence-electron chi connectivity index (χ4n) is 3.05. The number of hydrogen-bond acceptors (Lipinski definition) is 6. The van der Waals surface area contributed by atoms with Gasteiger partial charge in [0.1, 0.15) is 17.0 Å². The number of aromatic amines is 1. The van der Waals surface area contributed by atoms with E-state index in [0.717, 1.165) is 0 Å². The average Bonchev–Trinajstić information content (AvgIpc) is 3.04. The Morgan fingerprint density at radius 2 is 1.90 bits per heavy atom. The number of phenols is 1. The van der Waals surface area contributed by atoms with Gasteiger partial charge < -0.3 is 20.6 Å². The largest absolute Gasteiger partial charge is 0.508 e. The highest BCUT2D eigenvalue weighted by molar-refractivity contribution is 6.02. The Hall–Kier alpha value is -4.14. The number of aromatic hydroxyl groups is 1. The molecular formula is C20H17N5O4. The lowest BCUT2D eigenvalue weighted by atomic mass is 10.2. The van der Waals surface area contributed by atoms with Gasteiger partial charge >= 0.3 is 5.69 Å². The van der Waals surface area contributed by atoms with E-state index in [0.29, 0.717) is 23.6 Å². The molecule has 9 nitrogen and oxygen atoms in total. The van der Waals surface area contributed by atoms with Crippen LogP contribution in [0.15, 0.2) is 53.3 Å². The number of nitrogens with zero attached hydrogens (tertiary/aromatic N) is 3. The zero-order valence-corrected chi connectivity index (χ0v) is 15.4. The lowest BCUT2D eigenvalue weighted by Crippen LogP contribution is -2.16. The van der Waals surface area contributed by atoms with E-state index < -0.39 is 11.6 Å².